The first-order valence-corrected chi connectivity index (χ1v) is 12.1. The Morgan fingerprint density at radius 3 is 2.38 bits per heavy atom. The second kappa shape index (κ2) is 8.15. The van der Waals surface area contributed by atoms with E-state index in [0.29, 0.717) is 6.54 Å². The molecule has 1 aromatic heterocycles. The lowest BCUT2D eigenvalue weighted by atomic mass is 9.79. The van der Waals surface area contributed by atoms with E-state index in [2.05, 4.69) is 56.9 Å². The Morgan fingerprint density at radius 1 is 1.16 bits per heavy atom. The van der Waals surface area contributed by atoms with E-state index in [1.54, 1.807) is 11.3 Å². The molecule has 2 aliphatic rings. The van der Waals surface area contributed by atoms with Crippen LogP contribution in [0.4, 0.5) is 4.79 Å². The third kappa shape index (κ3) is 4.59. The molecule has 1 aromatic carbocycles. The first kappa shape index (κ1) is 23.3. The molecule has 6 nitrogen and oxygen atoms in total. The van der Waals surface area contributed by atoms with E-state index in [1.165, 1.54) is 0 Å². The van der Waals surface area contributed by atoms with Gasteiger partial charge in [-0.3, -0.25) is 4.90 Å². The van der Waals surface area contributed by atoms with Crippen LogP contribution in [0.2, 0.25) is 0 Å². The monoisotopic (exact) mass is 456 g/mol. The SMILES string of the molecule is CC(C)(C)OC(=O)N1CCCC1c1ncc(-c2ccc(B3OC(C)(C)C(C)(C)O3)cc2)s1. The molecule has 0 aliphatic carbocycles. The predicted octanol–water partition coefficient (Wildman–Crippen LogP) is 5.18. The average Bonchev–Trinajstić information content (AvgIpc) is 3.38. The quantitative estimate of drug-likeness (QED) is 0.596. The second-order valence-electron chi connectivity index (χ2n) is 10.6. The third-order valence-corrected chi connectivity index (χ3v) is 7.56. The summed E-state index contributed by atoms with van der Waals surface area (Å²) in [6.45, 7) is 14.6. The van der Waals surface area contributed by atoms with Gasteiger partial charge >= 0.3 is 13.2 Å². The number of carbonyl (C=O) groups is 1. The largest absolute Gasteiger partial charge is 0.494 e. The zero-order valence-corrected chi connectivity index (χ0v) is 20.9. The van der Waals surface area contributed by atoms with Crippen LogP contribution < -0.4 is 5.46 Å². The molecule has 4 rings (SSSR count). The summed E-state index contributed by atoms with van der Waals surface area (Å²) in [5, 5.41) is 0.957. The fourth-order valence-electron chi connectivity index (χ4n) is 3.92. The first-order valence-electron chi connectivity index (χ1n) is 11.3. The predicted molar refractivity (Wildman–Crippen MR) is 128 cm³/mol. The molecule has 0 radical (unpaired) electrons. The number of benzene rings is 1. The number of hydrogen-bond donors (Lipinski definition) is 0. The van der Waals surface area contributed by atoms with E-state index < -0.39 is 5.60 Å². The van der Waals surface area contributed by atoms with Crippen LogP contribution in [-0.2, 0) is 14.0 Å². The van der Waals surface area contributed by atoms with Crippen molar-refractivity contribution in [2.24, 2.45) is 0 Å². The summed E-state index contributed by atoms with van der Waals surface area (Å²) in [5.74, 6) is 0. The third-order valence-electron chi connectivity index (χ3n) is 6.41. The smallest absolute Gasteiger partial charge is 0.444 e. The van der Waals surface area contributed by atoms with Gasteiger partial charge in [0.15, 0.2) is 0 Å². The molecule has 8 heteroatoms. The molecule has 0 spiro atoms. The van der Waals surface area contributed by atoms with E-state index in [9.17, 15) is 4.79 Å². The number of carbonyl (C=O) groups excluding carboxylic acids is 1. The Morgan fingerprint density at radius 2 is 1.78 bits per heavy atom. The fourth-order valence-corrected chi connectivity index (χ4v) is 4.99. The van der Waals surface area contributed by atoms with Crippen molar-refractivity contribution >= 4 is 30.0 Å². The minimum absolute atomic E-state index is 0.0207. The van der Waals surface area contributed by atoms with Crippen molar-refractivity contribution in [2.45, 2.75) is 84.2 Å². The van der Waals surface area contributed by atoms with Crippen molar-refractivity contribution in [3.05, 3.63) is 35.5 Å². The van der Waals surface area contributed by atoms with E-state index in [-0.39, 0.29) is 30.5 Å². The van der Waals surface area contributed by atoms with Crippen LogP contribution in [0.3, 0.4) is 0 Å². The molecule has 3 heterocycles. The van der Waals surface area contributed by atoms with Gasteiger partial charge in [-0.2, -0.15) is 0 Å². The van der Waals surface area contributed by atoms with Gasteiger partial charge in [-0.1, -0.05) is 24.3 Å². The van der Waals surface area contributed by atoms with Gasteiger partial charge in [0.1, 0.15) is 10.6 Å². The highest BCUT2D eigenvalue weighted by Crippen LogP contribution is 2.39. The summed E-state index contributed by atoms with van der Waals surface area (Å²) in [6, 6.07) is 8.25. The number of amides is 1. The molecule has 1 amide bonds. The maximum Gasteiger partial charge on any atom is 0.494 e. The molecule has 2 aliphatic heterocycles. The van der Waals surface area contributed by atoms with Gasteiger partial charge in [-0.05, 0) is 72.3 Å². The van der Waals surface area contributed by atoms with E-state index in [4.69, 9.17) is 14.0 Å². The van der Waals surface area contributed by atoms with Gasteiger partial charge in [-0.25, -0.2) is 9.78 Å². The molecule has 32 heavy (non-hydrogen) atoms. The summed E-state index contributed by atoms with van der Waals surface area (Å²) in [4.78, 5) is 20.2. The molecule has 1 atom stereocenters. The average molecular weight is 456 g/mol. The molecular formula is C24H33BN2O4S. The van der Waals surface area contributed by atoms with Gasteiger partial charge in [0.25, 0.3) is 0 Å². The number of likely N-dealkylation sites (tertiary alicyclic amines) is 1. The normalized spacial score (nSPS) is 22.4. The van der Waals surface area contributed by atoms with Crippen LogP contribution >= 0.6 is 11.3 Å². The van der Waals surface area contributed by atoms with Gasteiger partial charge in [0.05, 0.1) is 22.1 Å². The van der Waals surface area contributed by atoms with E-state index >= 15 is 0 Å². The van der Waals surface area contributed by atoms with Crippen LogP contribution in [0.15, 0.2) is 30.5 Å². The van der Waals surface area contributed by atoms with Crippen molar-refractivity contribution in [2.75, 3.05) is 6.54 Å². The number of nitrogens with zero attached hydrogens (tertiary/aromatic N) is 2. The summed E-state index contributed by atoms with van der Waals surface area (Å²) in [7, 11) is -0.369. The molecule has 1 unspecified atom stereocenters. The Labute approximate surface area is 195 Å². The topological polar surface area (TPSA) is 60.9 Å². The van der Waals surface area contributed by atoms with Crippen LogP contribution in [0.5, 0.6) is 0 Å². The Kier molecular flexibility index (Phi) is 5.93. The van der Waals surface area contributed by atoms with Gasteiger partial charge in [0.2, 0.25) is 0 Å². The summed E-state index contributed by atoms with van der Waals surface area (Å²) in [6.07, 6.45) is 3.51. The van der Waals surface area contributed by atoms with Crippen LogP contribution in [0.25, 0.3) is 10.4 Å². The molecular weight excluding hydrogens is 423 g/mol. The molecule has 2 fully saturated rings. The van der Waals surface area contributed by atoms with Crippen LogP contribution in [0.1, 0.15) is 72.4 Å². The number of hydrogen-bond acceptors (Lipinski definition) is 6. The molecule has 0 saturated carbocycles. The maximum atomic E-state index is 12.6. The minimum atomic E-state index is -0.503. The molecule has 2 saturated heterocycles. The Balaban J connectivity index is 1.48. The fraction of sp³-hybridized carbons (Fsp3) is 0.583. The number of aromatic nitrogens is 1. The van der Waals surface area contributed by atoms with Gasteiger partial charge < -0.3 is 14.0 Å². The van der Waals surface area contributed by atoms with Crippen molar-refractivity contribution in [3.8, 4) is 10.4 Å². The van der Waals surface area contributed by atoms with E-state index in [1.807, 2.05) is 31.9 Å². The van der Waals surface area contributed by atoms with Crippen molar-refractivity contribution < 1.29 is 18.8 Å². The Bertz CT molecular complexity index is 965. The maximum absolute atomic E-state index is 12.6. The molecule has 2 aromatic rings. The number of ether oxygens (including phenoxy) is 1. The van der Waals surface area contributed by atoms with Crippen molar-refractivity contribution in [1.29, 1.82) is 0 Å². The lowest BCUT2D eigenvalue weighted by Gasteiger charge is -2.32. The number of rotatable bonds is 3. The Hall–Kier alpha value is -1.90. The molecule has 172 valence electrons. The van der Waals surface area contributed by atoms with Gasteiger partial charge in [0, 0.05) is 12.7 Å². The first-order chi connectivity index (χ1) is 14.9. The summed E-state index contributed by atoms with van der Waals surface area (Å²) in [5.41, 5.74) is 0.880. The second-order valence-corrected chi connectivity index (χ2v) is 11.7. The van der Waals surface area contributed by atoms with E-state index in [0.717, 1.165) is 33.8 Å². The van der Waals surface area contributed by atoms with Gasteiger partial charge in [-0.15, -0.1) is 11.3 Å². The van der Waals surface area contributed by atoms with Crippen molar-refractivity contribution in [3.63, 3.8) is 0 Å². The van der Waals surface area contributed by atoms with Crippen LogP contribution in [0, 0.1) is 0 Å². The molecule has 0 bridgehead atoms. The highest BCUT2D eigenvalue weighted by molar-refractivity contribution is 7.15. The standard InChI is InChI=1S/C24H33BN2O4S/c1-22(2,3)29-21(28)27-14-8-9-18(27)20-26-15-19(32-20)16-10-12-17(13-11-16)25-30-23(4,5)24(6,7)31-25/h10-13,15,18H,8-9,14H2,1-7H3. The number of thiazole rings is 1. The summed E-state index contributed by atoms with van der Waals surface area (Å²) < 4.78 is 17.9. The van der Waals surface area contributed by atoms with Crippen LogP contribution in [-0.4, -0.2) is 46.4 Å². The highest BCUT2D eigenvalue weighted by atomic mass is 32.1. The molecule has 0 N–H and O–H groups in total. The summed E-state index contributed by atoms with van der Waals surface area (Å²) >= 11 is 1.64. The minimum Gasteiger partial charge on any atom is -0.444 e. The van der Waals surface area contributed by atoms with Crippen molar-refractivity contribution in [1.82, 2.24) is 9.88 Å². The zero-order valence-electron chi connectivity index (χ0n) is 20.1. The lowest BCUT2D eigenvalue weighted by molar-refractivity contribution is 0.00578. The highest BCUT2D eigenvalue weighted by Gasteiger charge is 2.51. The zero-order chi connectivity index (χ0) is 23.3. The lowest BCUT2D eigenvalue weighted by Crippen LogP contribution is -2.41.